The van der Waals surface area contributed by atoms with E-state index in [0.29, 0.717) is 11.4 Å². The number of rotatable bonds is 8. The fourth-order valence-corrected chi connectivity index (χ4v) is 3.36. The van der Waals surface area contributed by atoms with Crippen molar-refractivity contribution in [2.45, 2.75) is 24.8 Å². The monoisotopic (exact) mass is 393 g/mol. The lowest BCUT2D eigenvalue weighted by Crippen LogP contribution is -2.30. The van der Waals surface area contributed by atoms with Crippen molar-refractivity contribution in [2.24, 2.45) is 0 Å². The largest absolute Gasteiger partial charge is 0.484 e. The first-order chi connectivity index (χ1) is 12.7. The Kier molecular flexibility index (Phi) is 6.48. The highest BCUT2D eigenvalue weighted by Crippen LogP contribution is 2.18. The van der Waals surface area contributed by atoms with Crippen molar-refractivity contribution in [3.63, 3.8) is 0 Å². The predicted octanol–water partition coefficient (Wildman–Crippen LogP) is 2.30. The number of anilines is 1. The Morgan fingerprint density at radius 3 is 2.22 bits per heavy atom. The van der Waals surface area contributed by atoms with Gasteiger partial charge in [-0.1, -0.05) is 0 Å². The lowest BCUT2D eigenvalue weighted by molar-refractivity contribution is -0.384. The number of nitrogens with zero attached hydrogens (tertiary/aromatic N) is 1. The van der Waals surface area contributed by atoms with Gasteiger partial charge in [-0.15, -0.1) is 0 Å². The third-order valence-electron chi connectivity index (χ3n) is 3.26. The molecule has 144 valence electrons. The van der Waals surface area contributed by atoms with Crippen LogP contribution >= 0.6 is 0 Å². The molecule has 2 aromatic rings. The van der Waals surface area contributed by atoms with Crippen molar-refractivity contribution in [2.75, 3.05) is 11.9 Å². The van der Waals surface area contributed by atoms with Gasteiger partial charge in [-0.2, -0.15) is 0 Å². The van der Waals surface area contributed by atoms with Crippen LogP contribution in [0.5, 0.6) is 5.75 Å². The van der Waals surface area contributed by atoms with E-state index < -0.39 is 20.9 Å². The van der Waals surface area contributed by atoms with Gasteiger partial charge in [-0.25, -0.2) is 13.1 Å². The Bertz CT molecular complexity index is 909. The number of carbonyl (C=O) groups is 1. The van der Waals surface area contributed by atoms with Crippen LogP contribution in [0.4, 0.5) is 11.4 Å². The number of carbonyl (C=O) groups excluding carboxylic acids is 1. The number of sulfonamides is 1. The topological polar surface area (TPSA) is 128 Å². The quantitative estimate of drug-likeness (QED) is 0.523. The van der Waals surface area contributed by atoms with Gasteiger partial charge in [0.1, 0.15) is 5.75 Å². The first kappa shape index (κ1) is 20.3. The number of hydrogen-bond donors (Lipinski definition) is 2. The van der Waals surface area contributed by atoms with Gasteiger partial charge in [-0.3, -0.25) is 14.9 Å². The molecule has 0 atom stereocenters. The average Bonchev–Trinajstić information content (AvgIpc) is 2.59. The van der Waals surface area contributed by atoms with E-state index in [-0.39, 0.29) is 23.2 Å². The van der Waals surface area contributed by atoms with Gasteiger partial charge in [0.25, 0.3) is 11.6 Å². The highest BCUT2D eigenvalue weighted by molar-refractivity contribution is 7.89. The van der Waals surface area contributed by atoms with E-state index >= 15 is 0 Å². The maximum absolute atomic E-state index is 12.0. The van der Waals surface area contributed by atoms with Crippen molar-refractivity contribution in [1.82, 2.24) is 4.72 Å². The van der Waals surface area contributed by atoms with Crippen LogP contribution in [0.3, 0.4) is 0 Å². The fraction of sp³-hybridized carbons (Fsp3) is 0.235. The molecule has 0 fully saturated rings. The van der Waals surface area contributed by atoms with Gasteiger partial charge in [-0.05, 0) is 50.2 Å². The number of hydrogen-bond acceptors (Lipinski definition) is 6. The number of nitro groups is 1. The summed E-state index contributed by atoms with van der Waals surface area (Å²) < 4.78 is 31.8. The predicted molar refractivity (Wildman–Crippen MR) is 99.1 cm³/mol. The molecule has 2 N–H and O–H groups in total. The van der Waals surface area contributed by atoms with E-state index in [2.05, 4.69) is 10.0 Å². The van der Waals surface area contributed by atoms with Crippen molar-refractivity contribution in [3.05, 3.63) is 58.6 Å². The lowest BCUT2D eigenvalue weighted by atomic mass is 10.3. The normalized spacial score (nSPS) is 11.2. The van der Waals surface area contributed by atoms with Crippen LogP contribution in [0.2, 0.25) is 0 Å². The molecule has 0 spiro atoms. The minimum absolute atomic E-state index is 0.0752. The van der Waals surface area contributed by atoms with Gasteiger partial charge >= 0.3 is 0 Å². The second kappa shape index (κ2) is 8.60. The summed E-state index contributed by atoms with van der Waals surface area (Å²) in [5.74, 6) is -0.138. The zero-order valence-electron chi connectivity index (χ0n) is 14.7. The second-order valence-electron chi connectivity index (χ2n) is 5.89. The van der Waals surface area contributed by atoms with Crippen molar-refractivity contribution >= 4 is 27.3 Å². The summed E-state index contributed by atoms with van der Waals surface area (Å²) in [7, 11) is -3.60. The van der Waals surface area contributed by atoms with E-state index in [9.17, 15) is 23.3 Å². The molecule has 0 heterocycles. The lowest BCUT2D eigenvalue weighted by Gasteiger charge is -2.11. The number of benzene rings is 2. The molecule has 0 bridgehead atoms. The molecule has 0 aliphatic rings. The molecule has 0 aromatic heterocycles. The third-order valence-corrected chi connectivity index (χ3v) is 4.93. The molecule has 10 heteroatoms. The molecular formula is C17H19N3O6S. The molecule has 0 aliphatic heterocycles. The third kappa shape index (κ3) is 6.04. The van der Waals surface area contributed by atoms with Crippen LogP contribution < -0.4 is 14.8 Å². The summed E-state index contributed by atoms with van der Waals surface area (Å²) in [6.45, 7) is 3.14. The van der Waals surface area contributed by atoms with E-state index in [1.807, 2.05) is 0 Å². The van der Waals surface area contributed by atoms with E-state index in [1.165, 1.54) is 48.5 Å². The maximum atomic E-state index is 12.0. The van der Waals surface area contributed by atoms with Gasteiger partial charge in [0.05, 0.1) is 9.82 Å². The standard InChI is InChI=1S/C17H19N3O6S/c1-12(2)19-27(24,25)16-9-3-13(4-10-16)18-17(21)11-26-15-7-5-14(6-8-15)20(22)23/h3-10,12,19H,11H2,1-2H3,(H,18,21). The summed E-state index contributed by atoms with van der Waals surface area (Å²) in [4.78, 5) is 22.1. The summed E-state index contributed by atoms with van der Waals surface area (Å²) in [5, 5.41) is 13.2. The van der Waals surface area contributed by atoms with Crippen LogP contribution in [0.15, 0.2) is 53.4 Å². The van der Waals surface area contributed by atoms with E-state index in [1.54, 1.807) is 13.8 Å². The van der Waals surface area contributed by atoms with Crippen LogP contribution in [0.1, 0.15) is 13.8 Å². The Balaban J connectivity index is 1.91. The summed E-state index contributed by atoms with van der Waals surface area (Å²) in [6, 6.07) is 10.8. The van der Waals surface area contributed by atoms with Crippen molar-refractivity contribution in [3.8, 4) is 5.75 Å². The van der Waals surface area contributed by atoms with Gasteiger partial charge in [0, 0.05) is 23.9 Å². The number of ether oxygens (including phenoxy) is 1. The number of amides is 1. The Morgan fingerprint density at radius 1 is 1.11 bits per heavy atom. The molecule has 2 aromatic carbocycles. The van der Waals surface area contributed by atoms with Crippen LogP contribution in [0, 0.1) is 10.1 Å². The molecule has 27 heavy (non-hydrogen) atoms. The number of nitro benzene ring substituents is 1. The zero-order valence-corrected chi connectivity index (χ0v) is 15.5. The van der Waals surface area contributed by atoms with Crippen LogP contribution in [-0.4, -0.2) is 31.9 Å². The van der Waals surface area contributed by atoms with Crippen LogP contribution in [0.25, 0.3) is 0 Å². The highest BCUT2D eigenvalue weighted by atomic mass is 32.2. The van der Waals surface area contributed by atoms with E-state index in [4.69, 9.17) is 4.74 Å². The van der Waals surface area contributed by atoms with Gasteiger partial charge in [0.2, 0.25) is 10.0 Å². The molecule has 0 aliphatic carbocycles. The SMILES string of the molecule is CC(C)NS(=O)(=O)c1ccc(NC(=O)COc2ccc([N+](=O)[O-])cc2)cc1. The number of nitrogens with one attached hydrogen (secondary N) is 2. The summed E-state index contributed by atoms with van der Waals surface area (Å²) in [5.41, 5.74) is 0.338. The fourth-order valence-electron chi connectivity index (χ4n) is 2.11. The molecule has 0 unspecified atom stereocenters. The second-order valence-corrected chi connectivity index (χ2v) is 7.60. The van der Waals surface area contributed by atoms with Crippen molar-refractivity contribution < 1.29 is 22.9 Å². The maximum Gasteiger partial charge on any atom is 0.269 e. The van der Waals surface area contributed by atoms with Crippen LogP contribution in [-0.2, 0) is 14.8 Å². The minimum Gasteiger partial charge on any atom is -0.484 e. The van der Waals surface area contributed by atoms with E-state index in [0.717, 1.165) is 0 Å². The first-order valence-corrected chi connectivity index (χ1v) is 9.45. The molecule has 0 saturated carbocycles. The highest BCUT2D eigenvalue weighted by Gasteiger charge is 2.15. The van der Waals surface area contributed by atoms with Crippen molar-refractivity contribution in [1.29, 1.82) is 0 Å². The Labute approximate surface area is 156 Å². The molecular weight excluding hydrogens is 374 g/mol. The van der Waals surface area contributed by atoms with Gasteiger partial charge in [0.15, 0.2) is 6.61 Å². The zero-order chi connectivity index (χ0) is 20.0. The summed E-state index contributed by atoms with van der Waals surface area (Å²) in [6.07, 6.45) is 0. The Hall–Kier alpha value is -2.98. The minimum atomic E-state index is -3.60. The molecule has 1 amide bonds. The first-order valence-electron chi connectivity index (χ1n) is 7.97. The Morgan fingerprint density at radius 2 is 1.70 bits per heavy atom. The molecule has 2 rings (SSSR count). The average molecular weight is 393 g/mol. The van der Waals surface area contributed by atoms with Gasteiger partial charge < -0.3 is 10.1 Å². The molecule has 9 nitrogen and oxygen atoms in total. The molecule has 0 saturated heterocycles. The smallest absolute Gasteiger partial charge is 0.269 e. The number of non-ortho nitro benzene ring substituents is 1. The molecule has 0 radical (unpaired) electrons. The summed E-state index contributed by atoms with van der Waals surface area (Å²) >= 11 is 0.